The Hall–Kier alpha value is -1.17. The Morgan fingerprint density at radius 3 is 2.50 bits per heavy atom. The zero-order valence-corrected chi connectivity index (χ0v) is 16.0. The van der Waals surface area contributed by atoms with E-state index in [0.717, 1.165) is 20.1 Å². The normalized spacial score (nSPS) is 28.7. The highest BCUT2D eigenvalue weighted by Crippen LogP contribution is 2.53. The van der Waals surface area contributed by atoms with E-state index in [9.17, 15) is 9.90 Å². The zero-order valence-electron chi connectivity index (χ0n) is 12.8. The van der Waals surface area contributed by atoms with Crippen molar-refractivity contribution < 1.29 is 14.6 Å². The number of benzene rings is 2. The topological polar surface area (TPSA) is 46.5 Å². The highest BCUT2D eigenvalue weighted by molar-refractivity contribution is 9.11. The first-order valence-electron chi connectivity index (χ1n) is 7.95. The summed E-state index contributed by atoms with van der Waals surface area (Å²) in [4.78, 5) is 12.4. The third kappa shape index (κ3) is 2.72. The van der Waals surface area contributed by atoms with Gasteiger partial charge in [0, 0.05) is 40.6 Å². The van der Waals surface area contributed by atoms with Gasteiger partial charge in [-0.3, -0.25) is 4.79 Å². The van der Waals surface area contributed by atoms with Gasteiger partial charge in [0.1, 0.15) is 11.5 Å². The number of aliphatic hydroxyl groups is 1. The molecule has 5 heteroatoms. The predicted molar refractivity (Wildman–Crippen MR) is 98.1 cm³/mol. The van der Waals surface area contributed by atoms with E-state index < -0.39 is 6.29 Å². The average molecular weight is 452 g/mol. The molecule has 0 bridgehead atoms. The minimum atomic E-state index is -0.918. The molecule has 2 aliphatic rings. The van der Waals surface area contributed by atoms with E-state index >= 15 is 0 Å². The van der Waals surface area contributed by atoms with Gasteiger partial charge in [-0.25, -0.2) is 0 Å². The Balaban J connectivity index is 1.83. The van der Waals surface area contributed by atoms with Gasteiger partial charge in [0.2, 0.25) is 6.29 Å². The third-order valence-electron chi connectivity index (χ3n) is 5.06. The molecule has 2 aromatic carbocycles. The van der Waals surface area contributed by atoms with E-state index in [1.54, 1.807) is 0 Å². The quantitative estimate of drug-likeness (QED) is 0.679. The van der Waals surface area contributed by atoms with Crippen molar-refractivity contribution in [2.75, 3.05) is 0 Å². The molecule has 1 heterocycles. The summed E-state index contributed by atoms with van der Waals surface area (Å²) < 4.78 is 7.57. The van der Waals surface area contributed by atoms with Crippen LogP contribution >= 0.6 is 31.9 Å². The van der Waals surface area contributed by atoms with Crippen LogP contribution in [0.4, 0.5) is 0 Å². The van der Waals surface area contributed by atoms with Crippen LogP contribution in [-0.2, 0) is 4.79 Å². The number of Topliss-reactive ketones (excluding diaryl/α,β-unsaturated/α-hetero) is 1. The van der Waals surface area contributed by atoms with Gasteiger partial charge in [0.05, 0.1) is 4.47 Å². The summed E-state index contributed by atoms with van der Waals surface area (Å²) >= 11 is 7.02. The van der Waals surface area contributed by atoms with Crippen LogP contribution in [0.1, 0.15) is 35.8 Å². The first kappa shape index (κ1) is 16.3. The fourth-order valence-corrected chi connectivity index (χ4v) is 5.41. The number of fused-ring (bicyclic) bond motifs is 3. The Morgan fingerprint density at radius 1 is 1.04 bits per heavy atom. The number of ketones is 1. The van der Waals surface area contributed by atoms with E-state index in [-0.39, 0.29) is 23.5 Å². The second-order valence-electron chi connectivity index (χ2n) is 6.46. The summed E-state index contributed by atoms with van der Waals surface area (Å²) in [5.41, 5.74) is 2.07. The minimum absolute atomic E-state index is 0.0293. The van der Waals surface area contributed by atoms with E-state index in [1.807, 2.05) is 42.5 Å². The van der Waals surface area contributed by atoms with Crippen molar-refractivity contribution in [3.8, 4) is 5.75 Å². The van der Waals surface area contributed by atoms with Gasteiger partial charge in [-0.15, -0.1) is 0 Å². The fourth-order valence-electron chi connectivity index (χ4n) is 4.06. The molecule has 0 spiro atoms. The van der Waals surface area contributed by atoms with Crippen LogP contribution in [0.25, 0.3) is 0 Å². The molecule has 0 amide bonds. The van der Waals surface area contributed by atoms with Crippen molar-refractivity contribution in [1.29, 1.82) is 0 Å². The maximum atomic E-state index is 12.4. The molecule has 1 saturated carbocycles. The molecule has 4 atom stereocenters. The van der Waals surface area contributed by atoms with Crippen LogP contribution in [0.5, 0.6) is 5.75 Å². The highest BCUT2D eigenvalue weighted by atomic mass is 79.9. The maximum absolute atomic E-state index is 12.4. The minimum Gasteiger partial charge on any atom is -0.463 e. The molecule has 4 rings (SSSR count). The number of carbonyl (C=O) groups excluding carboxylic acids is 1. The number of carbonyl (C=O) groups is 1. The van der Waals surface area contributed by atoms with Gasteiger partial charge in [-0.2, -0.15) is 0 Å². The molecule has 0 unspecified atom stereocenters. The lowest BCUT2D eigenvalue weighted by molar-refractivity contribution is -0.132. The summed E-state index contributed by atoms with van der Waals surface area (Å²) in [7, 11) is 0. The molecular formula is C19H16Br2O3. The van der Waals surface area contributed by atoms with E-state index in [4.69, 9.17) is 4.74 Å². The molecule has 1 aliphatic carbocycles. The fraction of sp³-hybridized carbons (Fsp3) is 0.316. The lowest BCUT2D eigenvalue weighted by atomic mass is 9.65. The van der Waals surface area contributed by atoms with Gasteiger partial charge in [-0.05, 0) is 33.6 Å². The lowest BCUT2D eigenvalue weighted by Crippen LogP contribution is -2.44. The van der Waals surface area contributed by atoms with Crippen LogP contribution in [0.3, 0.4) is 0 Å². The average Bonchev–Trinajstić information content (AvgIpc) is 2.56. The smallest absolute Gasteiger partial charge is 0.201 e. The second kappa shape index (κ2) is 6.28. The van der Waals surface area contributed by atoms with E-state index in [0.29, 0.717) is 18.6 Å². The second-order valence-corrected chi connectivity index (χ2v) is 8.23. The van der Waals surface area contributed by atoms with Crippen LogP contribution in [0.15, 0.2) is 51.4 Å². The molecule has 0 saturated heterocycles. The predicted octanol–water partition coefficient (Wildman–Crippen LogP) is 4.77. The largest absolute Gasteiger partial charge is 0.463 e. The van der Waals surface area contributed by atoms with Crippen molar-refractivity contribution in [3.63, 3.8) is 0 Å². The van der Waals surface area contributed by atoms with Crippen molar-refractivity contribution in [3.05, 3.63) is 62.5 Å². The van der Waals surface area contributed by atoms with Gasteiger partial charge < -0.3 is 9.84 Å². The lowest BCUT2D eigenvalue weighted by Gasteiger charge is -2.44. The summed E-state index contributed by atoms with van der Waals surface area (Å²) in [6.45, 7) is 0. The first-order chi connectivity index (χ1) is 11.5. The molecule has 24 heavy (non-hydrogen) atoms. The molecule has 124 valence electrons. The van der Waals surface area contributed by atoms with E-state index in [2.05, 4.69) is 31.9 Å². The molecular weight excluding hydrogens is 436 g/mol. The highest BCUT2D eigenvalue weighted by Gasteiger charge is 2.47. The van der Waals surface area contributed by atoms with E-state index in [1.165, 1.54) is 0 Å². The number of hydrogen-bond donors (Lipinski definition) is 1. The van der Waals surface area contributed by atoms with Crippen molar-refractivity contribution in [2.24, 2.45) is 5.92 Å². The third-order valence-corrected chi connectivity index (χ3v) is 6.10. The van der Waals surface area contributed by atoms with Gasteiger partial charge in [0.25, 0.3) is 0 Å². The number of rotatable bonds is 1. The summed E-state index contributed by atoms with van der Waals surface area (Å²) in [6, 6.07) is 13.9. The molecule has 0 aromatic heterocycles. The van der Waals surface area contributed by atoms with Crippen molar-refractivity contribution >= 4 is 37.6 Å². The van der Waals surface area contributed by atoms with Crippen LogP contribution in [0.2, 0.25) is 0 Å². The Bertz CT molecular complexity index is 791. The van der Waals surface area contributed by atoms with Gasteiger partial charge >= 0.3 is 0 Å². The van der Waals surface area contributed by atoms with Crippen molar-refractivity contribution in [1.82, 2.24) is 0 Å². The Labute approximate surface area is 157 Å². The standard InChI is InChI=1S/C19H16Br2O3/c20-11-6-15-14-9-12(22)8-13(10-4-2-1-3-5-10)17(14)19(23)24-18(15)16(21)7-11/h1-7,13-14,17,19,23H,8-9H2/t13-,14+,17-,19+/m1/s1. The number of halogens is 2. The SMILES string of the molecule is O=C1C[C@H](c2ccccc2)[C@H]2[C@@H](O)Oc3c(Br)cc(Br)cc3[C@@H]2C1. The van der Waals surface area contributed by atoms with Crippen LogP contribution in [0, 0.1) is 5.92 Å². The van der Waals surface area contributed by atoms with Crippen molar-refractivity contribution in [2.45, 2.75) is 31.0 Å². The molecule has 0 radical (unpaired) electrons. The van der Waals surface area contributed by atoms with Gasteiger partial charge in [-0.1, -0.05) is 46.3 Å². The van der Waals surface area contributed by atoms with Gasteiger partial charge in [0.15, 0.2) is 0 Å². The first-order valence-corrected chi connectivity index (χ1v) is 9.53. The summed E-state index contributed by atoms with van der Waals surface area (Å²) in [5, 5.41) is 10.7. The maximum Gasteiger partial charge on any atom is 0.201 e. The van der Waals surface area contributed by atoms with Crippen LogP contribution in [-0.4, -0.2) is 17.2 Å². The zero-order chi connectivity index (χ0) is 16.8. The molecule has 2 aromatic rings. The number of ether oxygens (including phenoxy) is 1. The number of hydrogen-bond acceptors (Lipinski definition) is 3. The Morgan fingerprint density at radius 2 is 1.75 bits per heavy atom. The molecule has 1 N–H and O–H groups in total. The molecule has 1 aliphatic heterocycles. The van der Waals surface area contributed by atoms with Crippen LogP contribution < -0.4 is 4.74 Å². The summed E-state index contributed by atoms with van der Waals surface area (Å²) in [5.74, 6) is 0.691. The monoisotopic (exact) mass is 450 g/mol. The summed E-state index contributed by atoms with van der Waals surface area (Å²) in [6.07, 6.45) is -0.0151. The molecule has 3 nitrogen and oxygen atoms in total. The molecule has 1 fully saturated rings. The number of aliphatic hydroxyl groups excluding tert-OH is 1. The Kier molecular flexibility index (Phi) is 4.27.